The number of aromatic nitrogens is 2. The first-order valence-electron chi connectivity index (χ1n) is 9.07. The van der Waals surface area contributed by atoms with E-state index in [1.807, 2.05) is 37.4 Å². The number of nitrogens with one attached hydrogen (secondary N) is 2. The second kappa shape index (κ2) is 9.29. The Kier molecular flexibility index (Phi) is 6.56. The molecular weight excluding hydrogens is 378 g/mol. The smallest absolute Gasteiger partial charge is 0.394 e. The summed E-state index contributed by atoms with van der Waals surface area (Å²) in [4.78, 5) is 8.51. The topological polar surface area (TPSA) is 68.3 Å². The molecule has 2 N–H and O–H groups in total. The number of nitrogens with zero attached hydrogens (tertiary/aromatic N) is 2. The van der Waals surface area contributed by atoms with Crippen LogP contribution in [-0.4, -0.2) is 36.3 Å². The van der Waals surface area contributed by atoms with Gasteiger partial charge in [-0.05, 0) is 55.6 Å². The minimum Gasteiger partial charge on any atom is -0.492 e. The Balaban J connectivity index is 1.66. The molecule has 0 fully saturated rings. The van der Waals surface area contributed by atoms with Crippen molar-refractivity contribution < 1.29 is 18.3 Å². The second-order valence-electron chi connectivity index (χ2n) is 6.32. The minimum atomic E-state index is -3.22. The average molecular weight is 400 g/mol. The molecule has 0 unspecified atom stereocenters. The second-order valence-corrected chi connectivity index (χ2v) is 6.32. The van der Waals surface area contributed by atoms with Gasteiger partial charge in [0, 0.05) is 30.8 Å². The highest BCUT2D eigenvalue weighted by Gasteiger charge is 2.22. The van der Waals surface area contributed by atoms with Crippen molar-refractivity contribution in [2.75, 3.05) is 25.5 Å². The number of hydrogen-bond donors (Lipinski definition) is 2. The number of ether oxygens (including phenoxy) is 2. The van der Waals surface area contributed by atoms with Crippen LogP contribution in [0.25, 0.3) is 11.3 Å². The molecule has 2 aromatic carbocycles. The molecule has 3 aromatic rings. The van der Waals surface area contributed by atoms with E-state index >= 15 is 0 Å². The quantitative estimate of drug-likeness (QED) is 0.517. The fourth-order valence-electron chi connectivity index (χ4n) is 2.54. The zero-order chi connectivity index (χ0) is 20.7. The first-order chi connectivity index (χ1) is 13.9. The number of hydrogen-bond acceptors (Lipinski definition) is 6. The number of anilines is 2. The van der Waals surface area contributed by atoms with Crippen molar-refractivity contribution in [1.29, 1.82) is 0 Å². The predicted octanol–water partition coefficient (Wildman–Crippen LogP) is 4.48. The van der Waals surface area contributed by atoms with Crippen LogP contribution < -0.4 is 20.1 Å². The summed E-state index contributed by atoms with van der Waals surface area (Å²) in [5.74, 6) is 1.46. The van der Waals surface area contributed by atoms with E-state index in [2.05, 4.69) is 25.3 Å². The van der Waals surface area contributed by atoms with Gasteiger partial charge in [-0.1, -0.05) is 0 Å². The molecule has 0 radical (unpaired) electrons. The van der Waals surface area contributed by atoms with Gasteiger partial charge in [-0.3, -0.25) is 0 Å². The van der Waals surface area contributed by atoms with Gasteiger partial charge >= 0.3 is 6.11 Å². The zero-order valence-electron chi connectivity index (χ0n) is 16.2. The molecule has 0 amide bonds. The maximum atomic E-state index is 12.9. The van der Waals surface area contributed by atoms with Crippen LogP contribution in [0.1, 0.15) is 6.92 Å². The van der Waals surface area contributed by atoms with Crippen molar-refractivity contribution in [2.45, 2.75) is 13.0 Å². The molecule has 0 spiro atoms. The van der Waals surface area contributed by atoms with E-state index < -0.39 is 6.11 Å². The van der Waals surface area contributed by atoms with E-state index in [0.29, 0.717) is 25.0 Å². The highest BCUT2D eigenvalue weighted by atomic mass is 19.3. The molecule has 6 nitrogen and oxygen atoms in total. The fraction of sp³-hybridized carbons (Fsp3) is 0.238. The third kappa shape index (κ3) is 6.39. The Morgan fingerprint density at radius 2 is 1.66 bits per heavy atom. The highest BCUT2D eigenvalue weighted by Crippen LogP contribution is 2.26. The van der Waals surface area contributed by atoms with Crippen molar-refractivity contribution in [3.8, 4) is 22.8 Å². The SMILES string of the molecule is CNCCOc1ccc(-c2cc(Nc3ccc(OC(C)(F)F)cc3)ncn2)cc1. The number of rotatable bonds is 9. The summed E-state index contributed by atoms with van der Waals surface area (Å²) in [5, 5.41) is 6.15. The molecule has 0 aliphatic carbocycles. The van der Waals surface area contributed by atoms with Crippen molar-refractivity contribution >= 4 is 11.5 Å². The molecule has 0 saturated heterocycles. The Labute approximate surface area is 167 Å². The maximum absolute atomic E-state index is 12.9. The summed E-state index contributed by atoms with van der Waals surface area (Å²) in [6.07, 6.45) is -1.76. The van der Waals surface area contributed by atoms with Crippen molar-refractivity contribution in [1.82, 2.24) is 15.3 Å². The van der Waals surface area contributed by atoms with Gasteiger partial charge < -0.3 is 20.1 Å². The largest absolute Gasteiger partial charge is 0.492 e. The molecule has 0 aliphatic heterocycles. The average Bonchev–Trinajstić information content (AvgIpc) is 2.69. The van der Waals surface area contributed by atoms with Crippen LogP contribution >= 0.6 is 0 Å². The summed E-state index contributed by atoms with van der Waals surface area (Å²) >= 11 is 0. The molecule has 0 atom stereocenters. The molecule has 1 heterocycles. The predicted molar refractivity (Wildman–Crippen MR) is 108 cm³/mol. The standard InChI is InChI=1S/C21H22F2N4O2/c1-21(22,23)29-18-9-5-16(6-10-18)27-20-13-19(25-14-26-20)15-3-7-17(8-4-15)28-12-11-24-2/h3-10,13-14,24H,11-12H2,1-2H3,(H,25,26,27). The van der Waals surface area contributed by atoms with Crippen LogP contribution in [0, 0.1) is 0 Å². The van der Waals surface area contributed by atoms with E-state index in [0.717, 1.165) is 23.6 Å². The molecule has 3 rings (SSSR count). The van der Waals surface area contributed by atoms with Crippen LogP contribution in [-0.2, 0) is 0 Å². The highest BCUT2D eigenvalue weighted by molar-refractivity contribution is 5.66. The number of benzene rings is 2. The van der Waals surface area contributed by atoms with Gasteiger partial charge in [-0.15, -0.1) is 0 Å². The summed E-state index contributed by atoms with van der Waals surface area (Å²) in [5.41, 5.74) is 2.36. The van der Waals surface area contributed by atoms with Crippen LogP contribution in [0.4, 0.5) is 20.3 Å². The van der Waals surface area contributed by atoms with Gasteiger partial charge in [0.25, 0.3) is 0 Å². The Hall–Kier alpha value is -3.26. The minimum absolute atomic E-state index is 0.0865. The van der Waals surface area contributed by atoms with Gasteiger partial charge in [0.15, 0.2) is 0 Å². The van der Waals surface area contributed by atoms with Crippen LogP contribution in [0.2, 0.25) is 0 Å². The fourth-order valence-corrected chi connectivity index (χ4v) is 2.54. The molecule has 0 bridgehead atoms. The molecule has 0 aliphatic rings. The molecule has 0 saturated carbocycles. The Morgan fingerprint density at radius 3 is 2.31 bits per heavy atom. The van der Waals surface area contributed by atoms with E-state index in [1.165, 1.54) is 18.5 Å². The lowest BCUT2D eigenvalue weighted by Gasteiger charge is -2.13. The van der Waals surface area contributed by atoms with E-state index in [4.69, 9.17) is 4.74 Å². The van der Waals surface area contributed by atoms with E-state index in [9.17, 15) is 8.78 Å². The van der Waals surface area contributed by atoms with Gasteiger partial charge in [0.1, 0.15) is 30.3 Å². The number of alkyl halides is 2. The molecule has 8 heteroatoms. The molecular formula is C21H22F2N4O2. The molecule has 152 valence electrons. The summed E-state index contributed by atoms with van der Waals surface area (Å²) in [6, 6.07) is 15.7. The third-order valence-corrected chi connectivity index (χ3v) is 3.86. The lowest BCUT2D eigenvalue weighted by Crippen LogP contribution is -2.18. The van der Waals surface area contributed by atoms with Crippen molar-refractivity contribution in [2.24, 2.45) is 0 Å². The first kappa shape index (κ1) is 20.5. The zero-order valence-corrected chi connectivity index (χ0v) is 16.2. The molecule has 29 heavy (non-hydrogen) atoms. The lowest BCUT2D eigenvalue weighted by molar-refractivity contribution is -0.158. The van der Waals surface area contributed by atoms with Crippen LogP contribution in [0.5, 0.6) is 11.5 Å². The third-order valence-electron chi connectivity index (χ3n) is 3.86. The number of likely N-dealkylation sites (N-methyl/N-ethyl adjacent to an activating group) is 1. The summed E-state index contributed by atoms with van der Waals surface area (Å²) < 4.78 is 35.9. The number of halogens is 2. The monoisotopic (exact) mass is 400 g/mol. The van der Waals surface area contributed by atoms with Crippen LogP contribution in [0.3, 0.4) is 0 Å². The molecule has 1 aromatic heterocycles. The summed E-state index contributed by atoms with van der Waals surface area (Å²) in [7, 11) is 1.87. The lowest BCUT2D eigenvalue weighted by atomic mass is 10.1. The van der Waals surface area contributed by atoms with Gasteiger partial charge in [-0.25, -0.2) is 9.97 Å². The van der Waals surface area contributed by atoms with E-state index in [-0.39, 0.29) is 5.75 Å². The Bertz CT molecular complexity index is 913. The first-order valence-corrected chi connectivity index (χ1v) is 9.07. The van der Waals surface area contributed by atoms with Crippen molar-refractivity contribution in [3.05, 3.63) is 60.9 Å². The van der Waals surface area contributed by atoms with E-state index in [1.54, 1.807) is 12.1 Å². The van der Waals surface area contributed by atoms with Crippen LogP contribution in [0.15, 0.2) is 60.9 Å². The van der Waals surface area contributed by atoms with Gasteiger partial charge in [0.2, 0.25) is 0 Å². The maximum Gasteiger partial charge on any atom is 0.394 e. The Morgan fingerprint density at radius 1 is 0.966 bits per heavy atom. The van der Waals surface area contributed by atoms with Gasteiger partial charge in [-0.2, -0.15) is 8.78 Å². The summed E-state index contributed by atoms with van der Waals surface area (Å²) in [6.45, 7) is 2.07. The normalized spacial score (nSPS) is 11.2. The van der Waals surface area contributed by atoms with Crippen molar-refractivity contribution in [3.63, 3.8) is 0 Å². The van der Waals surface area contributed by atoms with Gasteiger partial charge in [0.05, 0.1) is 5.69 Å².